The van der Waals surface area contributed by atoms with Crippen molar-refractivity contribution >= 4 is 34.8 Å². The van der Waals surface area contributed by atoms with E-state index in [1.807, 2.05) is 38.5 Å². The molecule has 3 heterocycles. The van der Waals surface area contributed by atoms with E-state index in [-0.39, 0.29) is 11.5 Å². The quantitative estimate of drug-likeness (QED) is 0.504. The van der Waals surface area contributed by atoms with Gasteiger partial charge in [-0.1, -0.05) is 12.1 Å². The Morgan fingerprint density at radius 2 is 1.87 bits per heavy atom. The van der Waals surface area contributed by atoms with Crippen LogP contribution in [0.4, 0.5) is 27.7 Å². The van der Waals surface area contributed by atoms with Crippen molar-refractivity contribution in [2.24, 2.45) is 7.05 Å². The molecule has 0 bridgehead atoms. The molecule has 0 atom stereocenters. The molecule has 3 aromatic rings. The van der Waals surface area contributed by atoms with Crippen LogP contribution in [0.3, 0.4) is 0 Å². The fourth-order valence-electron chi connectivity index (χ4n) is 3.62. The first-order chi connectivity index (χ1) is 14.9. The third kappa shape index (κ3) is 3.72. The van der Waals surface area contributed by atoms with Crippen molar-refractivity contribution in [1.29, 1.82) is 0 Å². The highest BCUT2D eigenvalue weighted by Gasteiger charge is 2.26. The minimum Gasteiger partial charge on any atom is -0.368 e. The number of aromatic nitrogens is 4. The summed E-state index contributed by atoms with van der Waals surface area (Å²) in [7, 11) is 6.92. The summed E-state index contributed by atoms with van der Waals surface area (Å²) in [5, 5.41) is 23.4. The number of nitrogens with one attached hydrogen (secondary N) is 4. The number of anilines is 4. The molecule has 3 amide bonds. The molecule has 1 aromatic carbocycles. The molecule has 1 aliphatic heterocycles. The average molecular weight is 421 g/mol. The molecular formula is C20H23N9O2. The molecule has 0 unspecified atom stereocenters. The second-order valence-corrected chi connectivity index (χ2v) is 7.13. The van der Waals surface area contributed by atoms with Gasteiger partial charge in [-0.25, -0.2) is 4.79 Å². The Labute approximate surface area is 178 Å². The molecule has 1 aliphatic rings. The second kappa shape index (κ2) is 7.94. The maximum absolute atomic E-state index is 12.4. The number of aryl methyl sites for hydroxylation is 1. The predicted octanol–water partition coefficient (Wildman–Crippen LogP) is 1.68. The summed E-state index contributed by atoms with van der Waals surface area (Å²) in [4.78, 5) is 26.2. The maximum Gasteiger partial charge on any atom is 0.320 e. The largest absolute Gasteiger partial charge is 0.368 e. The minimum atomic E-state index is -0.438. The minimum absolute atomic E-state index is 0.111. The number of para-hydroxylation sites is 1. The second-order valence-electron chi connectivity index (χ2n) is 7.13. The van der Waals surface area contributed by atoms with Crippen molar-refractivity contribution in [2.75, 3.05) is 36.7 Å². The average Bonchev–Trinajstić information content (AvgIpc) is 3.13. The van der Waals surface area contributed by atoms with Crippen molar-refractivity contribution in [2.45, 2.75) is 6.54 Å². The monoisotopic (exact) mass is 421 g/mol. The van der Waals surface area contributed by atoms with Crippen LogP contribution >= 0.6 is 0 Å². The van der Waals surface area contributed by atoms with Crippen molar-refractivity contribution < 1.29 is 9.59 Å². The van der Waals surface area contributed by atoms with Gasteiger partial charge in [-0.05, 0) is 6.07 Å². The zero-order valence-electron chi connectivity index (χ0n) is 17.6. The van der Waals surface area contributed by atoms with Gasteiger partial charge >= 0.3 is 6.03 Å². The van der Waals surface area contributed by atoms with Crippen molar-refractivity contribution in [3.8, 4) is 11.3 Å². The third-order valence-electron chi connectivity index (χ3n) is 4.96. The van der Waals surface area contributed by atoms with Gasteiger partial charge < -0.3 is 20.9 Å². The SMILES string of the molecule is CNC(=O)Nc1cc(Nc2cccc3c2N(C)Cc2cn(C)nc2-3)c(C(=O)NC)nn1. The molecule has 4 N–H and O–H groups in total. The first kappa shape index (κ1) is 20.1. The first-order valence-electron chi connectivity index (χ1n) is 9.64. The Hall–Kier alpha value is -4.15. The number of hydrogen-bond donors (Lipinski definition) is 4. The van der Waals surface area contributed by atoms with Crippen LogP contribution in [0.15, 0.2) is 30.5 Å². The third-order valence-corrected chi connectivity index (χ3v) is 4.96. The van der Waals surface area contributed by atoms with E-state index in [2.05, 4.69) is 41.5 Å². The molecule has 0 radical (unpaired) electrons. The van der Waals surface area contributed by atoms with E-state index < -0.39 is 11.9 Å². The van der Waals surface area contributed by atoms with E-state index in [4.69, 9.17) is 0 Å². The van der Waals surface area contributed by atoms with Gasteiger partial charge in [0.1, 0.15) is 0 Å². The fraction of sp³-hybridized carbons (Fsp3) is 0.250. The number of hydrogen-bond acceptors (Lipinski definition) is 7. The molecule has 11 nitrogen and oxygen atoms in total. The first-order valence-corrected chi connectivity index (χ1v) is 9.64. The van der Waals surface area contributed by atoms with E-state index in [0.29, 0.717) is 12.2 Å². The molecule has 160 valence electrons. The molecule has 0 spiro atoms. The van der Waals surface area contributed by atoms with Gasteiger partial charge in [0.2, 0.25) is 0 Å². The lowest BCUT2D eigenvalue weighted by molar-refractivity contribution is 0.0958. The summed E-state index contributed by atoms with van der Waals surface area (Å²) in [5.41, 5.74) is 5.31. The van der Waals surface area contributed by atoms with E-state index in [1.165, 1.54) is 14.1 Å². The molecule has 0 fully saturated rings. The number of benzene rings is 1. The normalized spacial score (nSPS) is 11.9. The van der Waals surface area contributed by atoms with Gasteiger partial charge in [-0.15, -0.1) is 10.2 Å². The zero-order chi connectivity index (χ0) is 22.1. The highest BCUT2D eigenvalue weighted by atomic mass is 16.2. The van der Waals surface area contributed by atoms with Gasteiger partial charge in [0, 0.05) is 58.1 Å². The zero-order valence-corrected chi connectivity index (χ0v) is 17.6. The van der Waals surface area contributed by atoms with Crippen molar-refractivity contribution in [3.05, 3.63) is 41.7 Å². The number of nitrogens with zero attached hydrogens (tertiary/aromatic N) is 5. The number of rotatable bonds is 4. The fourth-order valence-corrected chi connectivity index (χ4v) is 3.62. The van der Waals surface area contributed by atoms with E-state index >= 15 is 0 Å². The summed E-state index contributed by atoms with van der Waals surface area (Å²) in [6.07, 6.45) is 2.02. The molecule has 4 rings (SSSR count). The predicted molar refractivity (Wildman–Crippen MR) is 118 cm³/mol. The van der Waals surface area contributed by atoms with E-state index in [1.54, 1.807) is 10.7 Å². The topological polar surface area (TPSA) is 129 Å². The van der Waals surface area contributed by atoms with Gasteiger partial charge in [0.25, 0.3) is 5.91 Å². The molecule has 11 heteroatoms. The van der Waals surface area contributed by atoms with E-state index in [0.717, 1.165) is 28.2 Å². The smallest absolute Gasteiger partial charge is 0.320 e. The van der Waals surface area contributed by atoms with Crippen molar-refractivity contribution in [1.82, 2.24) is 30.6 Å². The molecular weight excluding hydrogens is 398 g/mol. The van der Waals surface area contributed by atoms with Gasteiger partial charge in [0.05, 0.1) is 22.8 Å². The highest BCUT2D eigenvalue weighted by Crippen LogP contribution is 2.43. The number of carbonyl (C=O) groups is 2. The summed E-state index contributed by atoms with van der Waals surface area (Å²) in [5.74, 6) is -0.189. The van der Waals surface area contributed by atoms with Crippen LogP contribution in [0, 0.1) is 0 Å². The molecule has 31 heavy (non-hydrogen) atoms. The number of fused-ring (bicyclic) bond motifs is 3. The Balaban J connectivity index is 1.78. The summed E-state index contributed by atoms with van der Waals surface area (Å²) in [6.45, 7) is 0.704. The summed E-state index contributed by atoms with van der Waals surface area (Å²) in [6, 6.07) is 7.00. The lowest BCUT2D eigenvalue weighted by Crippen LogP contribution is -2.26. The van der Waals surface area contributed by atoms with E-state index in [9.17, 15) is 9.59 Å². The van der Waals surface area contributed by atoms with Crippen LogP contribution in [-0.4, -0.2) is 53.1 Å². The Morgan fingerprint density at radius 3 is 2.61 bits per heavy atom. The van der Waals surface area contributed by atoms with Crippen LogP contribution in [0.2, 0.25) is 0 Å². The van der Waals surface area contributed by atoms with Gasteiger partial charge in [-0.3, -0.25) is 14.8 Å². The number of carbonyl (C=O) groups excluding carboxylic acids is 2. The lowest BCUT2D eigenvalue weighted by Gasteiger charge is -2.29. The van der Waals surface area contributed by atoms with Gasteiger partial charge in [-0.2, -0.15) is 5.10 Å². The number of amides is 3. The van der Waals surface area contributed by atoms with Crippen LogP contribution in [0.5, 0.6) is 0 Å². The number of urea groups is 1. The molecule has 0 aliphatic carbocycles. The highest BCUT2D eigenvalue weighted by molar-refractivity contribution is 6.00. The maximum atomic E-state index is 12.4. The standard InChI is InChI=1S/C20H23N9O2/c1-21-19(30)17-14(8-15(25-26-17)24-20(31)22-2)23-13-7-5-6-12-16-11(10-29(4)27-16)9-28(3)18(12)13/h5-8,10H,9H2,1-4H3,(H,21,30)(H3,22,23,24,25,31). The molecule has 0 saturated heterocycles. The van der Waals surface area contributed by atoms with Crippen LogP contribution in [0.1, 0.15) is 16.1 Å². The Kier molecular flexibility index (Phi) is 5.15. The van der Waals surface area contributed by atoms with Gasteiger partial charge in [0.15, 0.2) is 11.5 Å². The lowest BCUT2D eigenvalue weighted by atomic mass is 9.99. The Morgan fingerprint density at radius 1 is 1.06 bits per heavy atom. The van der Waals surface area contributed by atoms with Crippen LogP contribution < -0.4 is 26.2 Å². The van der Waals surface area contributed by atoms with Crippen LogP contribution in [-0.2, 0) is 13.6 Å². The van der Waals surface area contributed by atoms with Crippen molar-refractivity contribution in [3.63, 3.8) is 0 Å². The summed E-state index contributed by atoms with van der Waals surface area (Å²) < 4.78 is 1.81. The molecule has 2 aromatic heterocycles. The summed E-state index contributed by atoms with van der Waals surface area (Å²) >= 11 is 0. The molecule has 0 saturated carbocycles. The Bertz CT molecular complexity index is 1170. The van der Waals surface area contributed by atoms with Crippen LogP contribution in [0.25, 0.3) is 11.3 Å².